The predicted molar refractivity (Wildman–Crippen MR) is 117 cm³/mol. The molecule has 1 heterocycles. The van der Waals surface area contributed by atoms with E-state index in [4.69, 9.17) is 23.7 Å². The molecule has 1 fully saturated rings. The molecule has 0 bridgehead atoms. The summed E-state index contributed by atoms with van der Waals surface area (Å²) in [4.78, 5) is 14.5. The summed E-state index contributed by atoms with van der Waals surface area (Å²) in [5.41, 5.74) is 1.90. The van der Waals surface area contributed by atoms with E-state index in [2.05, 4.69) is 4.90 Å². The maximum atomic E-state index is 12.1. The van der Waals surface area contributed by atoms with E-state index in [9.17, 15) is 4.79 Å². The van der Waals surface area contributed by atoms with Gasteiger partial charge in [0.15, 0.2) is 0 Å². The minimum absolute atomic E-state index is 0.297. The van der Waals surface area contributed by atoms with Gasteiger partial charge in [0, 0.05) is 19.6 Å². The highest BCUT2D eigenvalue weighted by atomic mass is 16.5. The maximum Gasteiger partial charge on any atom is 0.341 e. The molecule has 0 radical (unpaired) electrons. The fourth-order valence-electron chi connectivity index (χ4n) is 3.27. The average molecular weight is 427 g/mol. The number of methoxy groups -OCH3 is 2. The highest BCUT2D eigenvalue weighted by Gasteiger charge is 2.17. The van der Waals surface area contributed by atoms with Gasteiger partial charge in [-0.1, -0.05) is 24.3 Å². The first-order valence-electron chi connectivity index (χ1n) is 10.3. The van der Waals surface area contributed by atoms with Crippen molar-refractivity contribution in [2.75, 3.05) is 53.7 Å². The first-order valence-corrected chi connectivity index (χ1v) is 10.3. The Labute approximate surface area is 183 Å². The summed E-state index contributed by atoms with van der Waals surface area (Å²) in [7, 11) is 2.84. The summed E-state index contributed by atoms with van der Waals surface area (Å²) in [6.45, 7) is 5.30. The molecular weight excluding hydrogens is 398 g/mol. The third-order valence-corrected chi connectivity index (χ3v) is 4.95. The number of hydrogen-bond acceptors (Lipinski definition) is 7. The Kier molecular flexibility index (Phi) is 8.75. The fourth-order valence-corrected chi connectivity index (χ4v) is 3.27. The summed E-state index contributed by atoms with van der Waals surface area (Å²) in [6.07, 6.45) is 1.38. The molecule has 0 aromatic heterocycles. The standard InChI is InChI=1S/C24H29NO6/c1-27-18-23(24(26)28-2)22-6-4-3-5-19(22)17-31-21-9-7-20(8-10-21)30-16-13-25-11-14-29-15-12-25/h3-10,18H,11-17H2,1-2H3/b23-18+. The van der Waals surface area contributed by atoms with E-state index in [-0.39, 0.29) is 0 Å². The molecule has 0 N–H and O–H groups in total. The fraction of sp³-hybridized carbons (Fsp3) is 0.375. The predicted octanol–water partition coefficient (Wildman–Crippen LogP) is 3.14. The molecule has 0 unspecified atom stereocenters. The van der Waals surface area contributed by atoms with Gasteiger partial charge in [-0.05, 0) is 35.4 Å². The summed E-state index contributed by atoms with van der Waals surface area (Å²) in [5.74, 6) is 1.05. The van der Waals surface area contributed by atoms with Gasteiger partial charge < -0.3 is 23.7 Å². The van der Waals surface area contributed by atoms with E-state index in [0.29, 0.717) is 30.1 Å². The smallest absolute Gasteiger partial charge is 0.341 e. The number of ether oxygens (including phenoxy) is 5. The van der Waals surface area contributed by atoms with Crippen molar-refractivity contribution in [3.05, 3.63) is 65.9 Å². The number of nitrogens with zero attached hydrogens (tertiary/aromatic N) is 1. The summed E-state index contributed by atoms with van der Waals surface area (Å²) < 4.78 is 27.0. The summed E-state index contributed by atoms with van der Waals surface area (Å²) in [5, 5.41) is 0. The molecule has 7 heteroatoms. The van der Waals surface area contributed by atoms with Crippen LogP contribution in [0.5, 0.6) is 11.5 Å². The van der Waals surface area contributed by atoms with Crippen LogP contribution in [0, 0.1) is 0 Å². The Bertz CT molecular complexity index is 859. The molecule has 166 valence electrons. The van der Waals surface area contributed by atoms with Gasteiger partial charge in [0.2, 0.25) is 0 Å². The lowest BCUT2D eigenvalue weighted by atomic mass is 10.0. The molecule has 0 saturated carbocycles. The van der Waals surface area contributed by atoms with E-state index in [1.54, 1.807) is 0 Å². The third kappa shape index (κ3) is 6.73. The van der Waals surface area contributed by atoms with Crippen LogP contribution in [-0.2, 0) is 25.6 Å². The Balaban J connectivity index is 1.55. The maximum absolute atomic E-state index is 12.1. The van der Waals surface area contributed by atoms with Gasteiger partial charge in [0.05, 0.1) is 33.7 Å². The molecule has 1 aliphatic rings. The van der Waals surface area contributed by atoms with Crippen LogP contribution in [-0.4, -0.2) is 64.5 Å². The third-order valence-electron chi connectivity index (χ3n) is 4.95. The lowest BCUT2D eigenvalue weighted by Crippen LogP contribution is -2.38. The molecule has 0 spiro atoms. The molecule has 31 heavy (non-hydrogen) atoms. The molecule has 1 saturated heterocycles. The van der Waals surface area contributed by atoms with Crippen molar-refractivity contribution < 1.29 is 28.5 Å². The minimum atomic E-state index is -0.465. The first kappa shape index (κ1) is 22.7. The molecular formula is C24H29NO6. The zero-order chi connectivity index (χ0) is 21.9. The van der Waals surface area contributed by atoms with Crippen molar-refractivity contribution in [3.63, 3.8) is 0 Å². The van der Waals surface area contributed by atoms with E-state index in [1.807, 2.05) is 48.5 Å². The minimum Gasteiger partial charge on any atom is -0.503 e. The zero-order valence-electron chi connectivity index (χ0n) is 18.0. The van der Waals surface area contributed by atoms with Crippen molar-refractivity contribution in [2.45, 2.75) is 6.61 Å². The Morgan fingerprint density at radius 1 is 1.00 bits per heavy atom. The summed E-state index contributed by atoms with van der Waals surface area (Å²) >= 11 is 0. The number of rotatable bonds is 10. The summed E-state index contributed by atoms with van der Waals surface area (Å²) in [6, 6.07) is 15.0. The van der Waals surface area contributed by atoms with Gasteiger partial charge in [-0.25, -0.2) is 4.79 Å². The molecule has 0 atom stereocenters. The zero-order valence-corrected chi connectivity index (χ0v) is 18.0. The topological polar surface area (TPSA) is 66.5 Å². The van der Waals surface area contributed by atoms with Crippen molar-refractivity contribution >= 4 is 11.5 Å². The second kappa shape index (κ2) is 12.0. The first-order chi connectivity index (χ1) is 15.2. The van der Waals surface area contributed by atoms with Gasteiger partial charge in [0.1, 0.15) is 30.3 Å². The van der Waals surface area contributed by atoms with E-state index >= 15 is 0 Å². The molecule has 0 amide bonds. The van der Waals surface area contributed by atoms with E-state index < -0.39 is 5.97 Å². The van der Waals surface area contributed by atoms with Crippen molar-refractivity contribution in [2.24, 2.45) is 0 Å². The number of hydrogen-bond donors (Lipinski definition) is 0. The van der Waals surface area contributed by atoms with E-state index in [1.165, 1.54) is 20.5 Å². The Morgan fingerprint density at radius 2 is 1.68 bits per heavy atom. The quantitative estimate of drug-likeness (QED) is 0.328. The van der Waals surface area contributed by atoms with Crippen molar-refractivity contribution in [1.29, 1.82) is 0 Å². The molecule has 2 aromatic rings. The van der Waals surface area contributed by atoms with Gasteiger partial charge in [-0.2, -0.15) is 0 Å². The second-order valence-corrected chi connectivity index (χ2v) is 6.98. The number of esters is 1. The van der Waals surface area contributed by atoms with Crippen LogP contribution in [0.4, 0.5) is 0 Å². The number of carbonyl (C=O) groups is 1. The largest absolute Gasteiger partial charge is 0.503 e. The van der Waals surface area contributed by atoms with Crippen LogP contribution in [0.1, 0.15) is 11.1 Å². The molecule has 3 rings (SSSR count). The van der Waals surface area contributed by atoms with Crippen LogP contribution >= 0.6 is 0 Å². The van der Waals surface area contributed by atoms with Gasteiger partial charge in [0.25, 0.3) is 0 Å². The SMILES string of the molecule is CO/C=C(/C(=O)OC)c1ccccc1COc1ccc(OCCN2CCOCC2)cc1. The Morgan fingerprint density at radius 3 is 2.35 bits per heavy atom. The monoisotopic (exact) mass is 427 g/mol. The average Bonchev–Trinajstić information content (AvgIpc) is 2.82. The molecule has 0 aliphatic carbocycles. The number of carbonyl (C=O) groups excluding carboxylic acids is 1. The van der Waals surface area contributed by atoms with Crippen molar-refractivity contribution in [1.82, 2.24) is 4.90 Å². The molecule has 7 nitrogen and oxygen atoms in total. The lowest BCUT2D eigenvalue weighted by Gasteiger charge is -2.26. The highest BCUT2D eigenvalue weighted by molar-refractivity contribution is 6.16. The van der Waals surface area contributed by atoms with Crippen LogP contribution in [0.2, 0.25) is 0 Å². The molecule has 2 aromatic carbocycles. The Hall–Kier alpha value is -3.03. The van der Waals surface area contributed by atoms with Crippen LogP contribution in [0.3, 0.4) is 0 Å². The van der Waals surface area contributed by atoms with Crippen LogP contribution in [0.25, 0.3) is 5.57 Å². The number of benzene rings is 2. The van der Waals surface area contributed by atoms with Crippen molar-refractivity contribution in [3.8, 4) is 11.5 Å². The lowest BCUT2D eigenvalue weighted by molar-refractivity contribution is -0.133. The van der Waals surface area contributed by atoms with Gasteiger partial charge in [-0.3, -0.25) is 4.90 Å². The van der Waals surface area contributed by atoms with Gasteiger partial charge in [-0.15, -0.1) is 0 Å². The normalized spacial score (nSPS) is 14.7. The number of morpholine rings is 1. The van der Waals surface area contributed by atoms with Crippen LogP contribution < -0.4 is 9.47 Å². The second-order valence-electron chi connectivity index (χ2n) is 6.98. The van der Waals surface area contributed by atoms with E-state index in [0.717, 1.165) is 44.2 Å². The highest BCUT2D eigenvalue weighted by Crippen LogP contribution is 2.24. The van der Waals surface area contributed by atoms with Gasteiger partial charge >= 0.3 is 5.97 Å². The molecule has 1 aliphatic heterocycles. The van der Waals surface area contributed by atoms with Crippen LogP contribution in [0.15, 0.2) is 54.8 Å².